The van der Waals surface area contributed by atoms with Crippen molar-refractivity contribution in [2.45, 2.75) is 43.2 Å². The summed E-state index contributed by atoms with van der Waals surface area (Å²) >= 11 is 0. The summed E-state index contributed by atoms with van der Waals surface area (Å²) in [5, 5.41) is 30.1. The second-order valence-electron chi connectivity index (χ2n) is 7.33. The number of carbonyl (C=O) groups is 1. The topological polar surface area (TPSA) is 115 Å². The Morgan fingerprint density at radius 2 is 1.87 bits per heavy atom. The van der Waals surface area contributed by atoms with Crippen LogP contribution in [0.1, 0.15) is 28.4 Å². The molecule has 0 radical (unpaired) electrons. The minimum Gasteiger partial charge on any atom is -0.484 e. The molecule has 8 nitrogen and oxygen atoms in total. The van der Waals surface area contributed by atoms with Gasteiger partial charge in [-0.05, 0) is 17.7 Å². The van der Waals surface area contributed by atoms with Crippen molar-refractivity contribution in [2.24, 2.45) is 0 Å². The normalized spacial score (nSPS) is 31.0. The molecule has 2 aliphatic heterocycles. The number of methoxy groups -OCH3 is 1. The van der Waals surface area contributed by atoms with E-state index in [2.05, 4.69) is 0 Å². The van der Waals surface area contributed by atoms with E-state index in [0.717, 1.165) is 5.56 Å². The van der Waals surface area contributed by atoms with E-state index in [0.29, 0.717) is 17.1 Å². The molecular formula is C22H24O8. The fourth-order valence-corrected chi connectivity index (χ4v) is 3.81. The van der Waals surface area contributed by atoms with Crippen LogP contribution in [0.3, 0.4) is 0 Å². The van der Waals surface area contributed by atoms with Crippen LogP contribution in [0.25, 0.3) is 0 Å². The molecule has 160 valence electrons. The van der Waals surface area contributed by atoms with Crippen molar-refractivity contribution in [3.63, 3.8) is 0 Å². The van der Waals surface area contributed by atoms with Gasteiger partial charge < -0.3 is 34.3 Å². The van der Waals surface area contributed by atoms with Gasteiger partial charge in [0.25, 0.3) is 0 Å². The van der Waals surface area contributed by atoms with E-state index < -0.39 is 43.4 Å². The first-order chi connectivity index (χ1) is 14.5. The van der Waals surface area contributed by atoms with Gasteiger partial charge in [-0.15, -0.1) is 0 Å². The van der Waals surface area contributed by atoms with Crippen LogP contribution in [-0.2, 0) is 9.47 Å². The van der Waals surface area contributed by atoms with Gasteiger partial charge in [-0.1, -0.05) is 30.3 Å². The molecule has 0 saturated carbocycles. The van der Waals surface area contributed by atoms with E-state index >= 15 is 0 Å². The number of rotatable bonds is 5. The van der Waals surface area contributed by atoms with Crippen LogP contribution in [-0.4, -0.2) is 65.5 Å². The Morgan fingerprint density at radius 1 is 1.10 bits per heavy atom. The van der Waals surface area contributed by atoms with Gasteiger partial charge >= 0.3 is 0 Å². The Morgan fingerprint density at radius 3 is 2.57 bits per heavy atom. The zero-order chi connectivity index (χ0) is 21.3. The first-order valence-electron chi connectivity index (χ1n) is 9.72. The second kappa shape index (κ2) is 8.71. The molecule has 30 heavy (non-hydrogen) atoms. The third-order valence-corrected chi connectivity index (χ3v) is 5.41. The fraction of sp³-hybridized carbons (Fsp3) is 0.409. The van der Waals surface area contributed by atoms with Crippen molar-refractivity contribution < 1.29 is 39.1 Å². The van der Waals surface area contributed by atoms with E-state index in [1.54, 1.807) is 18.2 Å². The third kappa shape index (κ3) is 3.92. The average molecular weight is 416 g/mol. The van der Waals surface area contributed by atoms with Crippen LogP contribution in [0.15, 0.2) is 48.5 Å². The summed E-state index contributed by atoms with van der Waals surface area (Å²) in [5.41, 5.74) is 1.35. The molecule has 3 N–H and O–H groups in total. The van der Waals surface area contributed by atoms with Gasteiger partial charge in [-0.25, -0.2) is 0 Å². The molecule has 0 bridgehead atoms. The minimum absolute atomic E-state index is 0.0377. The first-order valence-corrected chi connectivity index (χ1v) is 9.72. The molecule has 0 amide bonds. The fourth-order valence-electron chi connectivity index (χ4n) is 3.81. The zero-order valence-electron chi connectivity index (χ0n) is 16.4. The number of aliphatic hydroxyl groups excluding tert-OH is 3. The van der Waals surface area contributed by atoms with E-state index in [1.165, 1.54) is 7.11 Å². The van der Waals surface area contributed by atoms with E-state index in [1.807, 2.05) is 30.3 Å². The molecule has 6 atom stereocenters. The molecule has 2 aromatic carbocycles. The van der Waals surface area contributed by atoms with Crippen LogP contribution >= 0.6 is 0 Å². The number of ketones is 1. The molecule has 2 aromatic rings. The number of aliphatic hydroxyl groups is 3. The quantitative estimate of drug-likeness (QED) is 0.667. The van der Waals surface area contributed by atoms with E-state index in [4.69, 9.17) is 18.9 Å². The zero-order valence-corrected chi connectivity index (χ0v) is 16.4. The van der Waals surface area contributed by atoms with Gasteiger partial charge in [-0.3, -0.25) is 4.79 Å². The van der Waals surface area contributed by atoms with Crippen molar-refractivity contribution >= 4 is 5.78 Å². The molecule has 1 unspecified atom stereocenters. The summed E-state index contributed by atoms with van der Waals surface area (Å²) in [4.78, 5) is 12.6. The van der Waals surface area contributed by atoms with Crippen LogP contribution in [0.4, 0.5) is 0 Å². The number of benzene rings is 2. The maximum Gasteiger partial charge on any atom is 0.229 e. The lowest BCUT2D eigenvalue weighted by Gasteiger charge is -2.41. The largest absolute Gasteiger partial charge is 0.484 e. The summed E-state index contributed by atoms with van der Waals surface area (Å²) < 4.78 is 22.4. The second-order valence-corrected chi connectivity index (χ2v) is 7.33. The monoisotopic (exact) mass is 416 g/mol. The maximum atomic E-state index is 12.6. The number of Topliss-reactive ketones (excluding diaryl/α,β-unsaturated/α-hetero) is 1. The Bertz CT molecular complexity index is 884. The molecule has 0 aromatic heterocycles. The van der Waals surface area contributed by atoms with Crippen molar-refractivity contribution in [1.82, 2.24) is 0 Å². The van der Waals surface area contributed by atoms with Crippen LogP contribution in [0, 0.1) is 0 Å². The molecule has 2 aliphatic rings. The maximum absolute atomic E-state index is 12.6. The SMILES string of the molecule is CO[C@H]1[C@H](O)[C@@H](O)[C@H](Oc2ccc3c(c2)OC(c2ccccc2)CC3=O)O[C@@H]1CO. The minimum atomic E-state index is -1.40. The van der Waals surface area contributed by atoms with Gasteiger partial charge in [0.05, 0.1) is 18.6 Å². The van der Waals surface area contributed by atoms with Crippen molar-refractivity contribution in [3.05, 3.63) is 59.7 Å². The number of hydrogen-bond donors (Lipinski definition) is 3. The van der Waals surface area contributed by atoms with Crippen molar-refractivity contribution in [3.8, 4) is 11.5 Å². The van der Waals surface area contributed by atoms with Crippen LogP contribution in [0.2, 0.25) is 0 Å². The van der Waals surface area contributed by atoms with Gasteiger partial charge in [0.2, 0.25) is 6.29 Å². The van der Waals surface area contributed by atoms with Crippen molar-refractivity contribution in [1.29, 1.82) is 0 Å². The van der Waals surface area contributed by atoms with E-state index in [-0.39, 0.29) is 12.2 Å². The Kier molecular flexibility index (Phi) is 6.03. The highest BCUT2D eigenvalue weighted by Crippen LogP contribution is 2.37. The predicted molar refractivity (Wildman–Crippen MR) is 104 cm³/mol. The highest BCUT2D eigenvalue weighted by Gasteiger charge is 2.46. The lowest BCUT2D eigenvalue weighted by atomic mass is 9.96. The molecule has 4 rings (SSSR count). The third-order valence-electron chi connectivity index (χ3n) is 5.41. The summed E-state index contributed by atoms with van der Waals surface area (Å²) in [6.45, 7) is -0.414. The predicted octanol–water partition coefficient (Wildman–Crippen LogP) is 1.23. The molecule has 8 heteroatoms. The number of hydrogen-bond acceptors (Lipinski definition) is 8. The Labute approximate surface area is 173 Å². The summed E-state index contributed by atoms with van der Waals surface area (Å²) in [6, 6.07) is 14.2. The lowest BCUT2D eigenvalue weighted by molar-refractivity contribution is -0.281. The number of carbonyl (C=O) groups excluding carboxylic acids is 1. The molecule has 0 aliphatic carbocycles. The van der Waals surface area contributed by atoms with Gasteiger partial charge in [0.1, 0.15) is 42.0 Å². The van der Waals surface area contributed by atoms with Gasteiger partial charge in [0, 0.05) is 13.2 Å². The number of fused-ring (bicyclic) bond motifs is 1. The van der Waals surface area contributed by atoms with Gasteiger partial charge in [0.15, 0.2) is 5.78 Å². The van der Waals surface area contributed by atoms with Crippen molar-refractivity contribution in [2.75, 3.05) is 13.7 Å². The van der Waals surface area contributed by atoms with Gasteiger partial charge in [-0.2, -0.15) is 0 Å². The van der Waals surface area contributed by atoms with Crippen LogP contribution < -0.4 is 9.47 Å². The molecule has 1 fully saturated rings. The average Bonchev–Trinajstić information content (AvgIpc) is 2.77. The first kappa shape index (κ1) is 20.8. The molecule has 1 saturated heterocycles. The Balaban J connectivity index is 1.54. The standard InChI is InChI=1S/C22H24O8/c1-27-21-18(11-23)30-22(20(26)19(21)25)28-13-7-8-14-15(24)10-16(29-17(14)9-13)12-5-3-2-4-6-12/h2-9,16,18-23,25-26H,10-11H2,1H3/t16?,18-,19-,20-,21-,22-/m1/s1. The summed E-state index contributed by atoms with van der Waals surface area (Å²) in [5.74, 6) is 0.625. The lowest BCUT2D eigenvalue weighted by Crippen LogP contribution is -2.60. The Hall–Kier alpha value is -2.49. The molecule has 2 heterocycles. The highest BCUT2D eigenvalue weighted by molar-refractivity contribution is 6.00. The number of ether oxygens (including phenoxy) is 4. The smallest absolute Gasteiger partial charge is 0.229 e. The molecular weight excluding hydrogens is 392 g/mol. The molecule has 0 spiro atoms. The summed E-state index contributed by atoms with van der Waals surface area (Å²) in [6.07, 6.45) is -5.84. The summed E-state index contributed by atoms with van der Waals surface area (Å²) in [7, 11) is 1.36. The van der Waals surface area contributed by atoms with Crippen LogP contribution in [0.5, 0.6) is 11.5 Å². The van der Waals surface area contributed by atoms with E-state index in [9.17, 15) is 20.1 Å². The highest BCUT2D eigenvalue weighted by atomic mass is 16.7.